The molecular formula is C17H20N2O2. The number of rotatable bonds is 5. The van der Waals surface area contributed by atoms with Crippen molar-refractivity contribution in [1.82, 2.24) is 4.98 Å². The van der Waals surface area contributed by atoms with Gasteiger partial charge in [0.1, 0.15) is 11.6 Å². The molecule has 2 rings (SSSR count). The number of anilines is 1. The van der Waals surface area contributed by atoms with Crippen molar-refractivity contribution in [1.29, 1.82) is 0 Å². The molecule has 4 heteroatoms. The number of ether oxygens (including phenoxy) is 1. The van der Waals surface area contributed by atoms with E-state index in [2.05, 4.69) is 16.4 Å². The molecule has 1 heterocycles. The molecule has 110 valence electrons. The van der Waals surface area contributed by atoms with Crippen LogP contribution in [0.1, 0.15) is 23.1 Å². The number of hydrogen-bond donors (Lipinski definition) is 1. The highest BCUT2D eigenvalue weighted by Crippen LogP contribution is 2.16. The number of aromatic nitrogens is 1. The number of nitrogens with one attached hydrogen (secondary N) is 1. The molecule has 0 saturated carbocycles. The molecule has 0 fully saturated rings. The van der Waals surface area contributed by atoms with Gasteiger partial charge in [-0.3, -0.25) is 4.79 Å². The third kappa shape index (κ3) is 4.91. The van der Waals surface area contributed by atoms with Crippen molar-refractivity contribution >= 4 is 11.7 Å². The Bertz CT molecular complexity index is 601. The smallest absolute Gasteiger partial charge is 0.228 e. The van der Waals surface area contributed by atoms with E-state index >= 15 is 0 Å². The van der Waals surface area contributed by atoms with Crippen molar-refractivity contribution in [3.8, 4) is 5.75 Å². The number of carbonyl (C=O) groups is 1. The molecule has 0 aliphatic rings. The number of benzene rings is 1. The summed E-state index contributed by atoms with van der Waals surface area (Å²) in [7, 11) is 0. The highest BCUT2D eigenvalue weighted by molar-refractivity contribution is 5.89. The van der Waals surface area contributed by atoms with Gasteiger partial charge in [0.05, 0.1) is 13.0 Å². The van der Waals surface area contributed by atoms with Crippen LogP contribution in [-0.4, -0.2) is 17.5 Å². The van der Waals surface area contributed by atoms with Gasteiger partial charge in [-0.2, -0.15) is 0 Å². The third-order valence-corrected chi connectivity index (χ3v) is 2.97. The second-order valence-corrected chi connectivity index (χ2v) is 5.19. The van der Waals surface area contributed by atoms with E-state index in [1.54, 1.807) is 12.3 Å². The summed E-state index contributed by atoms with van der Waals surface area (Å²) in [6.45, 7) is 6.35. The maximum atomic E-state index is 11.8. The molecule has 2 aromatic rings. The molecule has 21 heavy (non-hydrogen) atoms. The molecule has 0 radical (unpaired) electrons. The fraction of sp³-hybridized carbons (Fsp3) is 0.294. The van der Waals surface area contributed by atoms with Crippen LogP contribution in [0, 0.1) is 20.8 Å². The van der Waals surface area contributed by atoms with E-state index in [4.69, 9.17) is 4.74 Å². The van der Waals surface area contributed by atoms with Crippen LogP contribution in [0.2, 0.25) is 0 Å². The molecule has 1 aromatic heterocycles. The van der Waals surface area contributed by atoms with E-state index in [0.717, 1.165) is 22.4 Å². The summed E-state index contributed by atoms with van der Waals surface area (Å²) in [5, 5.41) is 2.75. The van der Waals surface area contributed by atoms with Crippen molar-refractivity contribution in [2.24, 2.45) is 0 Å². The van der Waals surface area contributed by atoms with E-state index in [1.165, 1.54) is 0 Å². The van der Waals surface area contributed by atoms with Crippen LogP contribution in [0.3, 0.4) is 0 Å². The van der Waals surface area contributed by atoms with Gasteiger partial charge in [0.2, 0.25) is 5.91 Å². The van der Waals surface area contributed by atoms with Gasteiger partial charge >= 0.3 is 0 Å². The van der Waals surface area contributed by atoms with Crippen molar-refractivity contribution in [2.45, 2.75) is 27.2 Å². The number of pyridine rings is 1. The summed E-state index contributed by atoms with van der Waals surface area (Å²) in [5.41, 5.74) is 3.36. The van der Waals surface area contributed by atoms with E-state index in [1.807, 2.05) is 39.0 Å². The predicted molar refractivity (Wildman–Crippen MR) is 83.6 cm³/mol. The van der Waals surface area contributed by atoms with Crippen LogP contribution in [0.4, 0.5) is 5.82 Å². The van der Waals surface area contributed by atoms with Crippen LogP contribution in [0.15, 0.2) is 36.5 Å². The molecule has 0 bridgehead atoms. The first-order chi connectivity index (χ1) is 10.0. The first kappa shape index (κ1) is 15.0. The summed E-state index contributed by atoms with van der Waals surface area (Å²) in [6, 6.07) is 9.72. The van der Waals surface area contributed by atoms with Gasteiger partial charge in [-0.1, -0.05) is 12.1 Å². The maximum absolute atomic E-state index is 11.8. The van der Waals surface area contributed by atoms with Gasteiger partial charge in [0, 0.05) is 6.20 Å². The SMILES string of the molecule is Cc1ccc(NC(=O)CCOc2cc(C)cc(C)c2)nc1. The number of hydrogen-bond acceptors (Lipinski definition) is 3. The predicted octanol–water partition coefficient (Wildman–Crippen LogP) is 3.41. The highest BCUT2D eigenvalue weighted by atomic mass is 16.5. The number of nitrogens with zero attached hydrogens (tertiary/aromatic N) is 1. The molecule has 1 aromatic carbocycles. The lowest BCUT2D eigenvalue weighted by atomic mass is 10.1. The molecule has 4 nitrogen and oxygen atoms in total. The molecule has 0 unspecified atom stereocenters. The lowest BCUT2D eigenvalue weighted by molar-refractivity contribution is -0.116. The Kier molecular flexibility index (Phi) is 4.93. The van der Waals surface area contributed by atoms with E-state index in [9.17, 15) is 4.79 Å². The third-order valence-electron chi connectivity index (χ3n) is 2.97. The molecule has 0 aliphatic heterocycles. The van der Waals surface area contributed by atoms with Gasteiger partial charge in [-0.15, -0.1) is 0 Å². The molecule has 1 N–H and O–H groups in total. The number of carbonyl (C=O) groups excluding carboxylic acids is 1. The Morgan fingerprint density at radius 2 is 1.81 bits per heavy atom. The van der Waals surface area contributed by atoms with Gasteiger partial charge in [-0.05, 0) is 55.7 Å². The summed E-state index contributed by atoms with van der Waals surface area (Å²) >= 11 is 0. The zero-order chi connectivity index (χ0) is 15.2. The van der Waals surface area contributed by atoms with E-state index in [-0.39, 0.29) is 5.91 Å². The quantitative estimate of drug-likeness (QED) is 0.915. The highest BCUT2D eigenvalue weighted by Gasteiger charge is 2.04. The van der Waals surface area contributed by atoms with Crippen LogP contribution in [-0.2, 0) is 4.79 Å². The minimum Gasteiger partial charge on any atom is -0.493 e. The van der Waals surface area contributed by atoms with Gasteiger partial charge in [0.25, 0.3) is 0 Å². The largest absolute Gasteiger partial charge is 0.493 e. The Morgan fingerprint density at radius 3 is 2.43 bits per heavy atom. The zero-order valence-electron chi connectivity index (χ0n) is 12.6. The fourth-order valence-electron chi connectivity index (χ4n) is 2.02. The van der Waals surface area contributed by atoms with E-state index in [0.29, 0.717) is 18.8 Å². The molecular weight excluding hydrogens is 264 g/mol. The van der Waals surface area contributed by atoms with Crippen LogP contribution < -0.4 is 10.1 Å². The van der Waals surface area contributed by atoms with E-state index < -0.39 is 0 Å². The Hall–Kier alpha value is -2.36. The van der Waals surface area contributed by atoms with Crippen molar-refractivity contribution in [2.75, 3.05) is 11.9 Å². The number of amides is 1. The Balaban J connectivity index is 1.80. The van der Waals surface area contributed by atoms with Gasteiger partial charge < -0.3 is 10.1 Å². The summed E-state index contributed by atoms with van der Waals surface area (Å²) < 4.78 is 5.61. The minimum atomic E-state index is -0.101. The molecule has 1 amide bonds. The Labute approximate surface area is 125 Å². The zero-order valence-corrected chi connectivity index (χ0v) is 12.6. The average molecular weight is 284 g/mol. The second kappa shape index (κ2) is 6.88. The maximum Gasteiger partial charge on any atom is 0.228 e. The minimum absolute atomic E-state index is 0.101. The monoisotopic (exact) mass is 284 g/mol. The molecule has 0 aliphatic carbocycles. The summed E-state index contributed by atoms with van der Waals surface area (Å²) in [5.74, 6) is 1.27. The first-order valence-corrected chi connectivity index (χ1v) is 6.96. The average Bonchev–Trinajstić information content (AvgIpc) is 2.40. The second-order valence-electron chi connectivity index (χ2n) is 5.19. The lowest BCUT2D eigenvalue weighted by Crippen LogP contribution is -2.16. The van der Waals surface area contributed by atoms with Crippen LogP contribution >= 0.6 is 0 Å². The molecule has 0 saturated heterocycles. The van der Waals surface area contributed by atoms with Gasteiger partial charge in [0.15, 0.2) is 0 Å². The van der Waals surface area contributed by atoms with Gasteiger partial charge in [-0.25, -0.2) is 4.98 Å². The normalized spacial score (nSPS) is 10.2. The standard InChI is InChI=1S/C17H20N2O2/c1-12-4-5-16(18-11-12)19-17(20)6-7-21-15-9-13(2)8-14(3)10-15/h4-5,8-11H,6-7H2,1-3H3,(H,18,19,20). The lowest BCUT2D eigenvalue weighted by Gasteiger charge is -2.08. The Morgan fingerprint density at radius 1 is 1.10 bits per heavy atom. The van der Waals surface area contributed by atoms with Crippen LogP contribution in [0.5, 0.6) is 5.75 Å². The van der Waals surface area contributed by atoms with Crippen molar-refractivity contribution < 1.29 is 9.53 Å². The first-order valence-electron chi connectivity index (χ1n) is 6.96. The summed E-state index contributed by atoms with van der Waals surface area (Å²) in [4.78, 5) is 15.9. The molecule has 0 spiro atoms. The van der Waals surface area contributed by atoms with Crippen molar-refractivity contribution in [3.05, 3.63) is 53.2 Å². The topological polar surface area (TPSA) is 51.2 Å². The van der Waals surface area contributed by atoms with Crippen LogP contribution in [0.25, 0.3) is 0 Å². The summed E-state index contributed by atoms with van der Waals surface area (Å²) in [6.07, 6.45) is 2.02. The number of aryl methyl sites for hydroxylation is 3. The fourth-order valence-corrected chi connectivity index (χ4v) is 2.02. The molecule has 0 atom stereocenters. The van der Waals surface area contributed by atoms with Crippen molar-refractivity contribution in [3.63, 3.8) is 0 Å².